The molecule has 2 bridgehead atoms. The molecule has 24 heavy (non-hydrogen) atoms. The Morgan fingerprint density at radius 3 is 2.08 bits per heavy atom. The molecule has 2 unspecified atom stereocenters. The molecule has 4 rings (SSSR count). The van der Waals surface area contributed by atoms with Crippen molar-refractivity contribution in [2.45, 2.75) is 63.1 Å². The number of nitrogens with zero attached hydrogens (tertiary/aromatic N) is 1. The van der Waals surface area contributed by atoms with E-state index in [9.17, 15) is 13.2 Å². The molecule has 0 amide bonds. The average Bonchev–Trinajstić information content (AvgIpc) is 2.92. The Morgan fingerprint density at radius 1 is 0.833 bits per heavy atom. The predicted octanol–water partition coefficient (Wildman–Crippen LogP) is 5.46. The van der Waals surface area contributed by atoms with Gasteiger partial charge in [0.25, 0.3) is 0 Å². The van der Waals surface area contributed by atoms with Crippen molar-refractivity contribution in [1.29, 1.82) is 0 Å². The van der Waals surface area contributed by atoms with Crippen molar-refractivity contribution in [2.24, 2.45) is 11.8 Å². The highest BCUT2D eigenvalue weighted by Crippen LogP contribution is 2.45. The maximum atomic E-state index is 13.3. The van der Waals surface area contributed by atoms with Crippen LogP contribution in [0.15, 0.2) is 24.3 Å². The van der Waals surface area contributed by atoms with Gasteiger partial charge in [0.2, 0.25) is 0 Å². The lowest BCUT2D eigenvalue weighted by molar-refractivity contribution is -0.138. The predicted molar refractivity (Wildman–Crippen MR) is 88.8 cm³/mol. The zero-order chi connectivity index (χ0) is 16.7. The number of likely N-dealkylation sites (tertiary alicyclic amines) is 1. The molecule has 132 valence electrons. The minimum Gasteiger partial charge on any atom is -0.300 e. The minimum absolute atomic E-state index is 0.0550. The van der Waals surface area contributed by atoms with Crippen LogP contribution in [0.5, 0.6) is 0 Å². The van der Waals surface area contributed by atoms with Gasteiger partial charge in [0, 0.05) is 6.04 Å². The lowest BCUT2D eigenvalue weighted by Gasteiger charge is -2.41. The van der Waals surface area contributed by atoms with Gasteiger partial charge in [0.15, 0.2) is 0 Å². The van der Waals surface area contributed by atoms with E-state index in [0.717, 1.165) is 37.8 Å². The van der Waals surface area contributed by atoms with Crippen molar-refractivity contribution >= 4 is 0 Å². The topological polar surface area (TPSA) is 3.24 Å². The van der Waals surface area contributed by atoms with Crippen LogP contribution in [0.25, 0.3) is 0 Å². The lowest BCUT2D eigenvalue weighted by atomic mass is 9.82. The molecule has 1 aromatic rings. The summed E-state index contributed by atoms with van der Waals surface area (Å²) in [5, 5.41) is 0. The zero-order valence-electron chi connectivity index (χ0n) is 14.1. The smallest absolute Gasteiger partial charge is 0.300 e. The van der Waals surface area contributed by atoms with Crippen LogP contribution in [0.2, 0.25) is 0 Å². The summed E-state index contributed by atoms with van der Waals surface area (Å²) >= 11 is 0. The van der Waals surface area contributed by atoms with E-state index in [2.05, 4.69) is 4.90 Å². The summed E-state index contributed by atoms with van der Waals surface area (Å²) in [6.07, 6.45) is 4.34. The van der Waals surface area contributed by atoms with Gasteiger partial charge in [-0.3, -0.25) is 0 Å². The molecule has 4 heteroatoms. The number of halogens is 3. The molecule has 0 radical (unpaired) electrons. The number of hydrogen-bond acceptors (Lipinski definition) is 1. The van der Waals surface area contributed by atoms with Crippen LogP contribution in [0.1, 0.15) is 62.0 Å². The number of fused-ring (bicyclic) bond motifs is 2. The first-order valence-electron chi connectivity index (χ1n) is 9.41. The molecule has 1 nitrogen and oxygen atoms in total. The van der Waals surface area contributed by atoms with Crippen LogP contribution in [0.4, 0.5) is 13.2 Å². The minimum atomic E-state index is -4.24. The Hall–Kier alpha value is -1.03. The highest BCUT2D eigenvalue weighted by molar-refractivity contribution is 5.33. The van der Waals surface area contributed by atoms with Gasteiger partial charge in [-0.2, -0.15) is 13.2 Å². The molecule has 2 aliphatic carbocycles. The van der Waals surface area contributed by atoms with Crippen LogP contribution >= 0.6 is 0 Å². The second-order valence-corrected chi connectivity index (χ2v) is 8.07. The summed E-state index contributed by atoms with van der Waals surface area (Å²) < 4.78 is 39.8. The van der Waals surface area contributed by atoms with E-state index in [1.54, 1.807) is 12.1 Å². The lowest BCUT2D eigenvalue weighted by Crippen LogP contribution is -2.43. The van der Waals surface area contributed by atoms with Crippen molar-refractivity contribution in [2.75, 3.05) is 13.1 Å². The Balaban J connectivity index is 1.42. The second-order valence-electron chi connectivity index (χ2n) is 8.07. The van der Waals surface area contributed by atoms with E-state index in [4.69, 9.17) is 0 Å². The largest absolute Gasteiger partial charge is 0.416 e. The first kappa shape index (κ1) is 16.4. The van der Waals surface area contributed by atoms with E-state index in [-0.39, 0.29) is 5.92 Å². The van der Waals surface area contributed by atoms with Crippen molar-refractivity contribution in [3.05, 3.63) is 35.4 Å². The molecule has 1 aromatic carbocycles. The third-order valence-electron chi connectivity index (χ3n) is 6.61. The molecular formula is C20H26F3N. The molecule has 1 heterocycles. The molecule has 1 saturated heterocycles. The van der Waals surface area contributed by atoms with Gasteiger partial charge in [0.05, 0.1) is 5.56 Å². The van der Waals surface area contributed by atoms with E-state index in [1.807, 2.05) is 0 Å². The monoisotopic (exact) mass is 337 g/mol. The number of rotatable bonds is 2. The third kappa shape index (κ3) is 3.22. The maximum Gasteiger partial charge on any atom is 0.416 e. The second kappa shape index (κ2) is 6.36. The Labute approximate surface area is 142 Å². The zero-order valence-corrected chi connectivity index (χ0v) is 14.1. The van der Waals surface area contributed by atoms with Gasteiger partial charge in [-0.1, -0.05) is 31.0 Å². The summed E-state index contributed by atoms with van der Waals surface area (Å²) in [6.45, 7) is 1.92. The molecule has 0 N–H and O–H groups in total. The van der Waals surface area contributed by atoms with Crippen LogP contribution in [0.3, 0.4) is 0 Å². The Kier molecular flexibility index (Phi) is 4.36. The summed E-state index contributed by atoms with van der Waals surface area (Å²) in [7, 11) is 0. The quantitative estimate of drug-likeness (QED) is 0.692. The molecule has 0 aromatic heterocycles. The summed E-state index contributed by atoms with van der Waals surface area (Å²) in [4.78, 5) is 2.58. The number of benzene rings is 1. The van der Waals surface area contributed by atoms with Gasteiger partial charge in [-0.25, -0.2) is 0 Å². The highest BCUT2D eigenvalue weighted by atomic mass is 19.4. The first-order valence-corrected chi connectivity index (χ1v) is 9.41. The molecule has 3 aliphatic rings. The van der Waals surface area contributed by atoms with Crippen molar-refractivity contribution in [1.82, 2.24) is 4.90 Å². The number of alkyl halides is 3. The average molecular weight is 337 g/mol. The fraction of sp³-hybridized carbons (Fsp3) is 0.700. The number of piperidine rings is 1. The van der Waals surface area contributed by atoms with Crippen LogP contribution in [-0.2, 0) is 6.18 Å². The summed E-state index contributed by atoms with van der Waals surface area (Å²) in [6, 6.07) is 6.86. The summed E-state index contributed by atoms with van der Waals surface area (Å²) in [5.74, 6) is 1.88. The fourth-order valence-electron chi connectivity index (χ4n) is 5.46. The van der Waals surface area contributed by atoms with Crippen molar-refractivity contribution in [3.63, 3.8) is 0 Å². The van der Waals surface area contributed by atoms with E-state index in [0.29, 0.717) is 11.6 Å². The van der Waals surface area contributed by atoms with Crippen molar-refractivity contribution < 1.29 is 13.2 Å². The van der Waals surface area contributed by atoms with E-state index in [1.165, 1.54) is 44.2 Å². The first-order chi connectivity index (χ1) is 11.5. The molecular weight excluding hydrogens is 311 g/mol. The van der Waals surface area contributed by atoms with E-state index < -0.39 is 11.7 Å². The van der Waals surface area contributed by atoms with Crippen LogP contribution < -0.4 is 0 Å². The molecule has 2 atom stereocenters. The standard InChI is InChI=1S/C20H26F3N/c21-20(22,23)19-4-2-1-3-18(19)16-7-9-24(10-8-16)17-12-14-5-6-15(11-14)13-17/h1-4,14-17H,5-13H2. The highest BCUT2D eigenvalue weighted by Gasteiger charge is 2.39. The molecule has 1 aliphatic heterocycles. The molecule has 3 fully saturated rings. The normalized spacial score (nSPS) is 32.2. The Morgan fingerprint density at radius 2 is 1.46 bits per heavy atom. The van der Waals surface area contributed by atoms with Crippen LogP contribution in [0, 0.1) is 11.8 Å². The molecule has 0 spiro atoms. The van der Waals surface area contributed by atoms with Crippen LogP contribution in [-0.4, -0.2) is 24.0 Å². The summed E-state index contributed by atoms with van der Waals surface area (Å²) in [5.41, 5.74) is 0.0764. The maximum absolute atomic E-state index is 13.3. The fourth-order valence-corrected chi connectivity index (χ4v) is 5.46. The number of hydrogen-bond donors (Lipinski definition) is 0. The van der Waals surface area contributed by atoms with Gasteiger partial charge in [0.1, 0.15) is 0 Å². The van der Waals surface area contributed by atoms with Gasteiger partial charge in [-0.15, -0.1) is 0 Å². The van der Waals surface area contributed by atoms with E-state index >= 15 is 0 Å². The van der Waals surface area contributed by atoms with Gasteiger partial charge in [-0.05, 0) is 74.6 Å². The SMILES string of the molecule is FC(F)(F)c1ccccc1C1CCN(C2CC3CCC(C3)C2)CC1. The molecule has 2 saturated carbocycles. The van der Waals surface area contributed by atoms with Gasteiger partial charge < -0.3 is 4.90 Å². The van der Waals surface area contributed by atoms with Gasteiger partial charge >= 0.3 is 6.18 Å². The third-order valence-corrected chi connectivity index (χ3v) is 6.61. The Bertz CT molecular complexity index is 562. The van der Waals surface area contributed by atoms with Crippen molar-refractivity contribution in [3.8, 4) is 0 Å².